The monoisotopic (exact) mass is 376 g/mol. The predicted octanol–water partition coefficient (Wildman–Crippen LogP) is 3.98. The molecular weight excluding hydrogens is 348 g/mol. The molecule has 1 heterocycles. The summed E-state index contributed by atoms with van der Waals surface area (Å²) in [6.07, 6.45) is 5.52. The number of amides is 1. The Morgan fingerprint density at radius 1 is 1.11 bits per heavy atom. The summed E-state index contributed by atoms with van der Waals surface area (Å²) in [6.45, 7) is 2.97. The maximum atomic E-state index is 13.0. The van der Waals surface area contributed by atoms with Gasteiger partial charge in [-0.25, -0.2) is 0 Å². The molecule has 1 aliphatic carbocycles. The summed E-state index contributed by atoms with van der Waals surface area (Å²) in [7, 11) is 1.67. The standard InChI is InChI=1S/C24H28N2O2/c1-28-23-11-7-19(8-12-23)17-26(22-9-10-22)24(27)18-25-15-13-21(14-16-25)20-5-3-2-4-6-20/h2-8,11-13,22H,9-10,14-18H2,1H3. The van der Waals surface area contributed by atoms with E-state index in [4.69, 9.17) is 4.74 Å². The van der Waals surface area contributed by atoms with Gasteiger partial charge in [0, 0.05) is 25.7 Å². The molecule has 0 bridgehead atoms. The SMILES string of the molecule is COc1ccc(CN(C(=O)CN2CC=C(c3ccccc3)CC2)C2CC2)cc1. The number of hydrogen-bond acceptors (Lipinski definition) is 3. The number of rotatable bonds is 7. The molecule has 1 fully saturated rings. The maximum Gasteiger partial charge on any atom is 0.237 e. The number of ether oxygens (including phenoxy) is 1. The Labute approximate surface area is 167 Å². The highest BCUT2D eigenvalue weighted by Gasteiger charge is 2.33. The zero-order chi connectivity index (χ0) is 19.3. The second-order valence-corrected chi connectivity index (χ2v) is 7.68. The molecular formula is C24H28N2O2. The molecule has 146 valence electrons. The Morgan fingerprint density at radius 3 is 2.46 bits per heavy atom. The molecule has 4 rings (SSSR count). The number of carbonyl (C=O) groups is 1. The first kappa shape index (κ1) is 18.8. The van der Waals surface area contributed by atoms with Crippen LogP contribution in [0.4, 0.5) is 0 Å². The van der Waals surface area contributed by atoms with Crippen LogP contribution in [0, 0.1) is 0 Å². The maximum absolute atomic E-state index is 13.0. The van der Waals surface area contributed by atoms with Gasteiger partial charge in [-0.2, -0.15) is 0 Å². The van der Waals surface area contributed by atoms with Crippen LogP contribution in [0.25, 0.3) is 5.57 Å². The van der Waals surface area contributed by atoms with E-state index < -0.39 is 0 Å². The van der Waals surface area contributed by atoms with Gasteiger partial charge in [0.05, 0.1) is 13.7 Å². The third kappa shape index (κ3) is 4.63. The first-order chi connectivity index (χ1) is 13.7. The van der Waals surface area contributed by atoms with Crippen LogP contribution in [0.15, 0.2) is 60.7 Å². The molecule has 4 nitrogen and oxygen atoms in total. The second kappa shape index (κ2) is 8.61. The van der Waals surface area contributed by atoms with Crippen molar-refractivity contribution in [2.45, 2.75) is 31.8 Å². The molecule has 0 atom stereocenters. The Morgan fingerprint density at radius 2 is 1.86 bits per heavy atom. The van der Waals surface area contributed by atoms with Crippen molar-refractivity contribution in [3.05, 3.63) is 71.8 Å². The molecule has 0 radical (unpaired) electrons. The van der Waals surface area contributed by atoms with Crippen molar-refractivity contribution in [3.63, 3.8) is 0 Å². The number of carbonyl (C=O) groups excluding carboxylic acids is 1. The summed E-state index contributed by atoms with van der Waals surface area (Å²) in [5, 5.41) is 0. The molecule has 1 amide bonds. The predicted molar refractivity (Wildman–Crippen MR) is 112 cm³/mol. The molecule has 0 aromatic heterocycles. The Balaban J connectivity index is 1.35. The summed E-state index contributed by atoms with van der Waals surface area (Å²) >= 11 is 0. The van der Waals surface area contributed by atoms with E-state index in [9.17, 15) is 4.79 Å². The lowest BCUT2D eigenvalue weighted by Crippen LogP contribution is -2.42. The molecule has 28 heavy (non-hydrogen) atoms. The van der Waals surface area contributed by atoms with Crippen molar-refractivity contribution < 1.29 is 9.53 Å². The molecule has 1 saturated carbocycles. The quantitative estimate of drug-likeness (QED) is 0.733. The minimum atomic E-state index is 0.245. The van der Waals surface area contributed by atoms with Crippen LogP contribution in [0.5, 0.6) is 5.75 Å². The highest BCUT2D eigenvalue weighted by atomic mass is 16.5. The van der Waals surface area contributed by atoms with Crippen molar-refractivity contribution in [1.29, 1.82) is 0 Å². The van der Waals surface area contributed by atoms with Crippen LogP contribution in [0.2, 0.25) is 0 Å². The molecule has 1 aliphatic heterocycles. The van der Waals surface area contributed by atoms with Crippen LogP contribution in [0.3, 0.4) is 0 Å². The summed E-state index contributed by atoms with van der Waals surface area (Å²) < 4.78 is 5.23. The fraction of sp³-hybridized carbons (Fsp3) is 0.375. The van der Waals surface area contributed by atoms with E-state index in [-0.39, 0.29) is 5.91 Å². The van der Waals surface area contributed by atoms with Crippen molar-refractivity contribution >= 4 is 11.5 Å². The van der Waals surface area contributed by atoms with Crippen LogP contribution in [-0.2, 0) is 11.3 Å². The highest BCUT2D eigenvalue weighted by molar-refractivity contribution is 5.79. The fourth-order valence-corrected chi connectivity index (χ4v) is 3.79. The Kier molecular flexibility index (Phi) is 5.77. The van der Waals surface area contributed by atoms with Gasteiger partial charge in [-0.3, -0.25) is 9.69 Å². The minimum Gasteiger partial charge on any atom is -0.497 e. The van der Waals surface area contributed by atoms with Gasteiger partial charge in [0.15, 0.2) is 0 Å². The number of benzene rings is 2. The van der Waals surface area contributed by atoms with Gasteiger partial charge in [0.1, 0.15) is 5.75 Å². The van der Waals surface area contributed by atoms with Gasteiger partial charge < -0.3 is 9.64 Å². The van der Waals surface area contributed by atoms with E-state index in [0.717, 1.165) is 43.7 Å². The van der Waals surface area contributed by atoms with E-state index in [1.54, 1.807) is 7.11 Å². The third-order valence-electron chi connectivity index (χ3n) is 5.62. The summed E-state index contributed by atoms with van der Waals surface area (Å²) in [5.74, 6) is 1.09. The fourth-order valence-electron chi connectivity index (χ4n) is 3.79. The molecule has 2 aliphatic rings. The lowest BCUT2D eigenvalue weighted by atomic mass is 9.99. The number of hydrogen-bond donors (Lipinski definition) is 0. The van der Waals surface area contributed by atoms with Crippen molar-refractivity contribution in [2.24, 2.45) is 0 Å². The first-order valence-corrected chi connectivity index (χ1v) is 10.1. The first-order valence-electron chi connectivity index (χ1n) is 10.1. The van der Waals surface area contributed by atoms with Crippen molar-refractivity contribution in [1.82, 2.24) is 9.80 Å². The van der Waals surface area contributed by atoms with Gasteiger partial charge in [-0.15, -0.1) is 0 Å². The number of methoxy groups -OCH3 is 1. The highest BCUT2D eigenvalue weighted by Crippen LogP contribution is 2.29. The summed E-state index contributed by atoms with van der Waals surface area (Å²) in [4.78, 5) is 17.3. The summed E-state index contributed by atoms with van der Waals surface area (Å²) in [6, 6.07) is 19.0. The topological polar surface area (TPSA) is 32.8 Å². The van der Waals surface area contributed by atoms with Gasteiger partial charge in [-0.1, -0.05) is 48.5 Å². The van der Waals surface area contributed by atoms with E-state index in [1.165, 1.54) is 11.1 Å². The molecule has 2 aromatic carbocycles. The zero-order valence-electron chi connectivity index (χ0n) is 16.5. The molecule has 0 unspecified atom stereocenters. The van der Waals surface area contributed by atoms with Gasteiger partial charge in [-0.05, 0) is 48.1 Å². The number of nitrogens with zero attached hydrogens (tertiary/aromatic N) is 2. The molecule has 0 saturated heterocycles. The van der Waals surface area contributed by atoms with E-state index in [0.29, 0.717) is 19.1 Å². The lowest BCUT2D eigenvalue weighted by molar-refractivity contribution is -0.133. The van der Waals surface area contributed by atoms with Crippen LogP contribution in [0.1, 0.15) is 30.4 Å². The van der Waals surface area contributed by atoms with Gasteiger partial charge in [0.25, 0.3) is 0 Å². The van der Waals surface area contributed by atoms with Gasteiger partial charge in [0.2, 0.25) is 5.91 Å². The molecule has 0 spiro atoms. The van der Waals surface area contributed by atoms with Crippen molar-refractivity contribution in [2.75, 3.05) is 26.7 Å². The average Bonchev–Trinajstić information content (AvgIpc) is 3.59. The Bertz CT molecular complexity index is 825. The molecule has 2 aromatic rings. The van der Waals surface area contributed by atoms with Crippen molar-refractivity contribution in [3.8, 4) is 5.75 Å². The van der Waals surface area contributed by atoms with Crippen LogP contribution in [-0.4, -0.2) is 48.5 Å². The third-order valence-corrected chi connectivity index (χ3v) is 5.62. The molecule has 4 heteroatoms. The van der Waals surface area contributed by atoms with Crippen LogP contribution >= 0.6 is 0 Å². The average molecular weight is 377 g/mol. The lowest BCUT2D eigenvalue weighted by Gasteiger charge is -2.29. The Hall–Kier alpha value is -2.59. The molecule has 0 N–H and O–H groups in total. The van der Waals surface area contributed by atoms with E-state index >= 15 is 0 Å². The smallest absolute Gasteiger partial charge is 0.237 e. The van der Waals surface area contributed by atoms with E-state index in [1.807, 2.05) is 18.2 Å². The zero-order valence-corrected chi connectivity index (χ0v) is 16.5. The van der Waals surface area contributed by atoms with Gasteiger partial charge >= 0.3 is 0 Å². The minimum absolute atomic E-state index is 0.245. The second-order valence-electron chi connectivity index (χ2n) is 7.68. The summed E-state index contributed by atoms with van der Waals surface area (Å²) in [5.41, 5.74) is 3.85. The van der Waals surface area contributed by atoms with E-state index in [2.05, 4.69) is 52.3 Å². The normalized spacial score (nSPS) is 17.1. The van der Waals surface area contributed by atoms with Crippen LogP contribution < -0.4 is 4.74 Å². The largest absolute Gasteiger partial charge is 0.497 e.